The largest absolute Gasteiger partial charge is 0.480 e. The molecule has 1 fully saturated rings. The van der Waals surface area contributed by atoms with Crippen molar-refractivity contribution in [3.8, 4) is 0 Å². The van der Waals surface area contributed by atoms with E-state index in [-0.39, 0.29) is 14.8 Å². The zero-order chi connectivity index (χ0) is 16.0. The summed E-state index contributed by atoms with van der Waals surface area (Å²) in [7, 11) is 0. The third kappa shape index (κ3) is 2.39. The van der Waals surface area contributed by atoms with Crippen LogP contribution in [0.1, 0.15) is 5.56 Å². The minimum Gasteiger partial charge on any atom is -0.480 e. The number of nitrogens with zero attached hydrogens (tertiary/aromatic N) is 1. The average molecular weight is 355 g/mol. The molecule has 0 atom stereocenters. The molecule has 0 bridgehead atoms. The minimum atomic E-state index is -1.18. The van der Waals surface area contributed by atoms with E-state index >= 15 is 0 Å². The second-order valence-electron chi connectivity index (χ2n) is 4.50. The van der Waals surface area contributed by atoms with Crippen LogP contribution >= 0.6 is 35.6 Å². The summed E-state index contributed by atoms with van der Waals surface area (Å²) in [6.07, 6.45) is 0. The Morgan fingerprint density at radius 1 is 1.41 bits per heavy atom. The van der Waals surface area contributed by atoms with Crippen molar-refractivity contribution in [1.82, 2.24) is 4.90 Å². The summed E-state index contributed by atoms with van der Waals surface area (Å²) in [5.74, 6) is -2.20. The summed E-state index contributed by atoms with van der Waals surface area (Å²) in [6, 6.07) is 4.84. The number of rotatable bonds is 2. The van der Waals surface area contributed by atoms with Gasteiger partial charge in [0.25, 0.3) is 11.8 Å². The number of hydrogen-bond acceptors (Lipinski definition) is 5. The Hall–Kier alpha value is -1.90. The highest BCUT2D eigenvalue weighted by Crippen LogP contribution is 2.42. The molecule has 0 aromatic heterocycles. The fourth-order valence-corrected chi connectivity index (χ4v) is 3.69. The number of carbonyl (C=O) groups is 3. The molecule has 2 aliphatic heterocycles. The molecule has 0 radical (unpaired) electrons. The molecule has 1 aromatic carbocycles. The van der Waals surface area contributed by atoms with Crippen molar-refractivity contribution in [2.45, 2.75) is 0 Å². The first-order valence-corrected chi connectivity index (χ1v) is 7.60. The highest BCUT2D eigenvalue weighted by atomic mass is 35.5. The van der Waals surface area contributed by atoms with E-state index < -0.39 is 24.3 Å². The first kappa shape index (κ1) is 15.0. The molecular weight excluding hydrogens is 348 g/mol. The molecule has 2 N–H and O–H groups in total. The van der Waals surface area contributed by atoms with E-state index in [1.807, 2.05) is 0 Å². The van der Waals surface area contributed by atoms with Gasteiger partial charge in [-0.2, -0.15) is 0 Å². The maximum absolute atomic E-state index is 12.4. The molecule has 0 aliphatic carbocycles. The third-order valence-electron chi connectivity index (χ3n) is 3.10. The van der Waals surface area contributed by atoms with E-state index in [9.17, 15) is 14.4 Å². The van der Waals surface area contributed by atoms with E-state index in [2.05, 4.69) is 5.32 Å². The summed E-state index contributed by atoms with van der Waals surface area (Å²) in [6.45, 7) is -0.536. The molecule has 2 heterocycles. The van der Waals surface area contributed by atoms with Crippen molar-refractivity contribution in [3.05, 3.63) is 33.7 Å². The number of thiocarbonyl (C=S) groups is 1. The predicted molar refractivity (Wildman–Crippen MR) is 86.5 cm³/mol. The number of thioether (sulfide) groups is 1. The van der Waals surface area contributed by atoms with Gasteiger partial charge in [-0.1, -0.05) is 35.6 Å². The Balaban J connectivity index is 2.10. The first-order chi connectivity index (χ1) is 10.4. The third-order valence-corrected chi connectivity index (χ3v) is 4.78. The number of carboxylic acids is 1. The number of nitrogens with one attached hydrogen (secondary N) is 1. The van der Waals surface area contributed by atoms with Crippen LogP contribution in [0.25, 0.3) is 5.57 Å². The second kappa shape index (κ2) is 5.38. The molecule has 0 spiro atoms. The Labute approximate surface area is 139 Å². The van der Waals surface area contributed by atoms with Crippen LogP contribution in [-0.4, -0.2) is 38.7 Å². The number of carboxylic acid groups (broad SMARTS) is 1. The predicted octanol–water partition coefficient (Wildman–Crippen LogP) is 1.95. The highest BCUT2D eigenvalue weighted by Gasteiger charge is 2.39. The Bertz CT molecular complexity index is 790. The van der Waals surface area contributed by atoms with Crippen molar-refractivity contribution in [3.63, 3.8) is 0 Å². The van der Waals surface area contributed by atoms with Crippen LogP contribution in [0.15, 0.2) is 23.1 Å². The van der Waals surface area contributed by atoms with E-state index in [1.54, 1.807) is 18.2 Å². The van der Waals surface area contributed by atoms with E-state index in [4.69, 9.17) is 28.9 Å². The van der Waals surface area contributed by atoms with E-state index in [0.717, 1.165) is 16.7 Å². The molecule has 6 nitrogen and oxygen atoms in total. The van der Waals surface area contributed by atoms with Crippen LogP contribution in [0, 0.1) is 0 Å². The van der Waals surface area contributed by atoms with Crippen molar-refractivity contribution in [2.75, 3.05) is 11.9 Å². The topological polar surface area (TPSA) is 86.7 Å². The lowest BCUT2D eigenvalue weighted by Crippen LogP contribution is -2.33. The van der Waals surface area contributed by atoms with Gasteiger partial charge in [-0.15, -0.1) is 0 Å². The quantitative estimate of drug-likeness (QED) is 0.623. The average Bonchev–Trinajstić information content (AvgIpc) is 2.88. The van der Waals surface area contributed by atoms with Gasteiger partial charge >= 0.3 is 5.97 Å². The van der Waals surface area contributed by atoms with Gasteiger partial charge in [0.15, 0.2) is 0 Å². The van der Waals surface area contributed by atoms with Gasteiger partial charge in [0.2, 0.25) is 0 Å². The molecule has 22 heavy (non-hydrogen) atoms. The number of amides is 2. The fraction of sp³-hybridized carbons (Fsp3) is 0.0769. The van der Waals surface area contributed by atoms with Crippen molar-refractivity contribution < 1.29 is 19.5 Å². The molecule has 1 saturated heterocycles. The summed E-state index contributed by atoms with van der Waals surface area (Å²) >= 11 is 11.9. The Morgan fingerprint density at radius 3 is 2.82 bits per heavy atom. The molecule has 1 aromatic rings. The summed E-state index contributed by atoms with van der Waals surface area (Å²) in [5, 5.41) is 11.9. The Kier molecular flexibility index (Phi) is 3.67. The lowest BCUT2D eigenvalue weighted by atomic mass is 10.1. The van der Waals surface area contributed by atoms with E-state index in [1.165, 1.54) is 0 Å². The number of halogens is 1. The SMILES string of the molecule is O=C(O)CN1C(=O)C(=C2C(=O)Nc3ccc(Cl)cc32)SC1=S. The van der Waals surface area contributed by atoms with Gasteiger partial charge in [0.05, 0.1) is 10.5 Å². The number of aliphatic carboxylic acids is 1. The molecular formula is C13H7ClN2O4S2. The van der Waals surface area contributed by atoms with Crippen LogP contribution in [0.2, 0.25) is 5.02 Å². The molecule has 9 heteroatoms. The van der Waals surface area contributed by atoms with Crippen LogP contribution in [0.5, 0.6) is 0 Å². The fourth-order valence-electron chi connectivity index (χ4n) is 2.19. The highest BCUT2D eigenvalue weighted by molar-refractivity contribution is 8.26. The molecule has 0 saturated carbocycles. The summed E-state index contributed by atoms with van der Waals surface area (Å²) < 4.78 is 0.109. The van der Waals surface area contributed by atoms with Gasteiger partial charge in [-0.3, -0.25) is 19.3 Å². The molecule has 2 amide bonds. The van der Waals surface area contributed by atoms with Gasteiger partial charge in [-0.25, -0.2) is 0 Å². The van der Waals surface area contributed by atoms with Crippen molar-refractivity contribution in [1.29, 1.82) is 0 Å². The number of benzene rings is 1. The van der Waals surface area contributed by atoms with Crippen LogP contribution in [0.4, 0.5) is 5.69 Å². The zero-order valence-corrected chi connectivity index (χ0v) is 13.1. The lowest BCUT2D eigenvalue weighted by Gasteiger charge is -2.10. The zero-order valence-electron chi connectivity index (χ0n) is 10.8. The maximum atomic E-state index is 12.4. The lowest BCUT2D eigenvalue weighted by molar-refractivity contribution is -0.140. The van der Waals surface area contributed by atoms with E-state index in [0.29, 0.717) is 16.3 Å². The Morgan fingerprint density at radius 2 is 2.14 bits per heavy atom. The van der Waals surface area contributed by atoms with Crippen molar-refractivity contribution in [2.24, 2.45) is 0 Å². The molecule has 0 unspecified atom stereocenters. The van der Waals surface area contributed by atoms with Gasteiger partial charge < -0.3 is 10.4 Å². The molecule has 112 valence electrons. The first-order valence-electron chi connectivity index (χ1n) is 5.99. The molecule has 2 aliphatic rings. The molecule has 3 rings (SSSR count). The smallest absolute Gasteiger partial charge is 0.323 e. The standard InChI is InChI=1S/C13H7ClN2O4S2/c14-5-1-2-7-6(3-5)9(11(19)15-7)10-12(20)16(4-8(17)18)13(21)22-10/h1-3H,4H2,(H,15,19)(H,17,18). The van der Waals surface area contributed by atoms with Gasteiger partial charge in [0, 0.05) is 16.3 Å². The number of anilines is 1. The van der Waals surface area contributed by atoms with Crippen LogP contribution in [0.3, 0.4) is 0 Å². The van der Waals surface area contributed by atoms with Crippen LogP contribution < -0.4 is 5.32 Å². The maximum Gasteiger partial charge on any atom is 0.323 e. The summed E-state index contributed by atoms with van der Waals surface area (Å²) in [4.78, 5) is 36.4. The minimum absolute atomic E-state index is 0.109. The number of fused-ring (bicyclic) bond motifs is 1. The van der Waals surface area contributed by atoms with Crippen molar-refractivity contribution >= 4 is 68.9 Å². The van der Waals surface area contributed by atoms with Crippen LogP contribution in [-0.2, 0) is 14.4 Å². The van der Waals surface area contributed by atoms with Gasteiger partial charge in [-0.05, 0) is 18.2 Å². The second-order valence-corrected chi connectivity index (χ2v) is 6.58. The monoisotopic (exact) mass is 354 g/mol. The number of carbonyl (C=O) groups excluding carboxylic acids is 2. The number of hydrogen-bond donors (Lipinski definition) is 2. The normalized spacial score (nSPS) is 20.4. The van der Waals surface area contributed by atoms with Gasteiger partial charge in [0.1, 0.15) is 10.9 Å². The summed E-state index contributed by atoms with van der Waals surface area (Å²) in [5.41, 5.74) is 1.23.